The summed E-state index contributed by atoms with van der Waals surface area (Å²) in [5.74, 6) is 1.18. The first-order valence-corrected chi connectivity index (χ1v) is 5.59. The van der Waals surface area contributed by atoms with E-state index in [1.54, 1.807) is 0 Å². The van der Waals surface area contributed by atoms with Crippen LogP contribution in [0.15, 0.2) is 0 Å². The van der Waals surface area contributed by atoms with Gasteiger partial charge in [0.15, 0.2) is 0 Å². The van der Waals surface area contributed by atoms with Crippen molar-refractivity contribution in [2.24, 2.45) is 11.8 Å². The molecule has 1 aliphatic heterocycles. The molecule has 1 atom stereocenters. The summed E-state index contributed by atoms with van der Waals surface area (Å²) in [5.41, 5.74) is 0. The fraction of sp³-hybridized carbons (Fsp3) is 1.00. The van der Waals surface area contributed by atoms with Gasteiger partial charge in [-0.15, -0.1) is 0 Å². The summed E-state index contributed by atoms with van der Waals surface area (Å²) >= 11 is 0. The molecule has 3 nitrogen and oxygen atoms in total. The standard InChI is InChI=1S/C11H23NO2/c1-10(9-13)7-12(2)8-11-3-5-14-6-4-11/h10-11,13H,3-9H2,1-2H3. The first-order chi connectivity index (χ1) is 6.72. The van der Waals surface area contributed by atoms with Crippen molar-refractivity contribution >= 4 is 0 Å². The largest absolute Gasteiger partial charge is 0.396 e. The molecule has 1 unspecified atom stereocenters. The Morgan fingerprint density at radius 2 is 2.07 bits per heavy atom. The molecule has 0 aromatic heterocycles. The maximum Gasteiger partial charge on any atom is 0.0469 e. The van der Waals surface area contributed by atoms with E-state index in [0.717, 1.165) is 32.2 Å². The van der Waals surface area contributed by atoms with Gasteiger partial charge in [0.2, 0.25) is 0 Å². The zero-order valence-electron chi connectivity index (χ0n) is 9.41. The molecule has 0 saturated carbocycles. The lowest BCUT2D eigenvalue weighted by atomic mass is 9.99. The number of aliphatic hydroxyl groups is 1. The van der Waals surface area contributed by atoms with Crippen molar-refractivity contribution in [1.82, 2.24) is 4.90 Å². The van der Waals surface area contributed by atoms with E-state index in [4.69, 9.17) is 9.84 Å². The van der Waals surface area contributed by atoms with Crippen LogP contribution in [0.4, 0.5) is 0 Å². The number of hydrogen-bond acceptors (Lipinski definition) is 3. The van der Waals surface area contributed by atoms with Crippen LogP contribution in [-0.4, -0.2) is 50.0 Å². The lowest BCUT2D eigenvalue weighted by Gasteiger charge is -2.28. The van der Waals surface area contributed by atoms with Crippen LogP contribution in [0.5, 0.6) is 0 Å². The minimum atomic E-state index is 0.290. The molecule has 0 radical (unpaired) electrons. The topological polar surface area (TPSA) is 32.7 Å². The number of ether oxygens (including phenoxy) is 1. The van der Waals surface area contributed by atoms with Crippen molar-refractivity contribution in [2.45, 2.75) is 19.8 Å². The maximum atomic E-state index is 8.94. The highest BCUT2D eigenvalue weighted by atomic mass is 16.5. The summed E-state index contributed by atoms with van der Waals surface area (Å²) < 4.78 is 5.33. The van der Waals surface area contributed by atoms with Crippen molar-refractivity contribution in [3.63, 3.8) is 0 Å². The lowest BCUT2D eigenvalue weighted by molar-refractivity contribution is 0.0529. The molecule has 0 spiro atoms. The number of hydrogen-bond donors (Lipinski definition) is 1. The van der Waals surface area contributed by atoms with E-state index in [2.05, 4.69) is 18.9 Å². The Hall–Kier alpha value is -0.120. The van der Waals surface area contributed by atoms with E-state index < -0.39 is 0 Å². The fourth-order valence-electron chi connectivity index (χ4n) is 2.03. The van der Waals surface area contributed by atoms with Crippen LogP contribution < -0.4 is 0 Å². The molecule has 1 heterocycles. The summed E-state index contributed by atoms with van der Waals surface area (Å²) in [6, 6.07) is 0. The van der Waals surface area contributed by atoms with Gasteiger partial charge in [-0.05, 0) is 31.7 Å². The molecule has 1 N–H and O–H groups in total. The summed E-state index contributed by atoms with van der Waals surface area (Å²) in [6.45, 7) is 6.36. The SMILES string of the molecule is CC(CO)CN(C)CC1CCOCC1. The summed E-state index contributed by atoms with van der Waals surface area (Å²) in [4.78, 5) is 2.33. The zero-order chi connectivity index (χ0) is 10.4. The fourth-order valence-corrected chi connectivity index (χ4v) is 2.03. The summed E-state index contributed by atoms with van der Waals surface area (Å²) in [6.07, 6.45) is 2.38. The average Bonchev–Trinajstić information content (AvgIpc) is 2.19. The van der Waals surface area contributed by atoms with Gasteiger partial charge in [0.25, 0.3) is 0 Å². The maximum absolute atomic E-state index is 8.94. The van der Waals surface area contributed by atoms with Gasteiger partial charge in [-0.2, -0.15) is 0 Å². The van der Waals surface area contributed by atoms with Crippen LogP contribution in [0.25, 0.3) is 0 Å². The predicted octanol–water partition coefficient (Wildman–Crippen LogP) is 0.973. The minimum absolute atomic E-state index is 0.290. The Bertz CT molecular complexity index is 146. The van der Waals surface area contributed by atoms with Crippen LogP contribution in [0, 0.1) is 11.8 Å². The van der Waals surface area contributed by atoms with Crippen LogP contribution in [0.3, 0.4) is 0 Å². The van der Waals surface area contributed by atoms with Gasteiger partial charge in [0.05, 0.1) is 0 Å². The monoisotopic (exact) mass is 201 g/mol. The Morgan fingerprint density at radius 3 is 2.64 bits per heavy atom. The molecule has 1 aliphatic rings. The normalized spacial score (nSPS) is 21.4. The van der Waals surface area contributed by atoms with Crippen LogP contribution in [0.1, 0.15) is 19.8 Å². The van der Waals surface area contributed by atoms with E-state index in [-0.39, 0.29) is 6.61 Å². The Balaban J connectivity index is 2.14. The number of aliphatic hydroxyl groups excluding tert-OH is 1. The van der Waals surface area contributed by atoms with Gasteiger partial charge in [-0.1, -0.05) is 6.92 Å². The van der Waals surface area contributed by atoms with Gasteiger partial charge in [-0.25, -0.2) is 0 Å². The third-order valence-corrected chi connectivity index (χ3v) is 2.85. The molecule has 0 amide bonds. The van der Waals surface area contributed by atoms with Crippen molar-refractivity contribution in [3.05, 3.63) is 0 Å². The molecule has 0 aromatic rings. The molecule has 84 valence electrons. The molecule has 3 heteroatoms. The second-order valence-electron chi connectivity index (χ2n) is 4.56. The average molecular weight is 201 g/mol. The highest BCUT2D eigenvalue weighted by molar-refractivity contribution is 4.68. The van der Waals surface area contributed by atoms with Crippen LogP contribution in [0.2, 0.25) is 0 Å². The van der Waals surface area contributed by atoms with Crippen LogP contribution in [-0.2, 0) is 4.74 Å². The highest BCUT2D eigenvalue weighted by Crippen LogP contribution is 2.15. The minimum Gasteiger partial charge on any atom is -0.396 e. The Labute approximate surface area is 87.1 Å². The first-order valence-electron chi connectivity index (χ1n) is 5.59. The number of rotatable bonds is 5. The third-order valence-electron chi connectivity index (χ3n) is 2.85. The molecule has 1 saturated heterocycles. The molecule has 1 fully saturated rings. The van der Waals surface area contributed by atoms with Crippen molar-refractivity contribution in [3.8, 4) is 0 Å². The van der Waals surface area contributed by atoms with Crippen LogP contribution >= 0.6 is 0 Å². The van der Waals surface area contributed by atoms with E-state index in [1.807, 2.05) is 0 Å². The second kappa shape index (κ2) is 6.38. The lowest BCUT2D eigenvalue weighted by Crippen LogP contribution is -2.33. The molecule has 0 bridgehead atoms. The van der Waals surface area contributed by atoms with Gasteiger partial charge in [-0.3, -0.25) is 0 Å². The van der Waals surface area contributed by atoms with Crippen molar-refractivity contribution < 1.29 is 9.84 Å². The highest BCUT2D eigenvalue weighted by Gasteiger charge is 2.16. The first kappa shape index (κ1) is 12.0. The van der Waals surface area contributed by atoms with Gasteiger partial charge >= 0.3 is 0 Å². The summed E-state index contributed by atoms with van der Waals surface area (Å²) in [7, 11) is 2.14. The van der Waals surface area contributed by atoms with Gasteiger partial charge in [0, 0.05) is 32.9 Å². The van der Waals surface area contributed by atoms with E-state index >= 15 is 0 Å². The zero-order valence-corrected chi connectivity index (χ0v) is 9.41. The van der Waals surface area contributed by atoms with E-state index in [9.17, 15) is 0 Å². The van der Waals surface area contributed by atoms with Crippen molar-refractivity contribution in [2.75, 3.05) is 40.0 Å². The molecule has 14 heavy (non-hydrogen) atoms. The van der Waals surface area contributed by atoms with Gasteiger partial charge < -0.3 is 14.7 Å². The third kappa shape index (κ3) is 4.40. The Morgan fingerprint density at radius 1 is 1.43 bits per heavy atom. The quantitative estimate of drug-likeness (QED) is 0.719. The Kier molecular flexibility index (Phi) is 5.45. The molecular weight excluding hydrogens is 178 g/mol. The van der Waals surface area contributed by atoms with E-state index in [1.165, 1.54) is 12.8 Å². The molecule has 0 aromatic carbocycles. The molecule has 1 rings (SSSR count). The molecular formula is C11H23NO2. The number of nitrogens with zero attached hydrogens (tertiary/aromatic N) is 1. The summed E-state index contributed by atoms with van der Waals surface area (Å²) in [5, 5.41) is 8.94. The van der Waals surface area contributed by atoms with Gasteiger partial charge in [0.1, 0.15) is 0 Å². The smallest absolute Gasteiger partial charge is 0.0469 e. The van der Waals surface area contributed by atoms with E-state index in [0.29, 0.717) is 5.92 Å². The van der Waals surface area contributed by atoms with Crippen molar-refractivity contribution in [1.29, 1.82) is 0 Å². The second-order valence-corrected chi connectivity index (χ2v) is 4.56. The predicted molar refractivity (Wildman–Crippen MR) is 57.3 cm³/mol. The molecule has 0 aliphatic carbocycles.